The number of fused-ring (bicyclic) bond motifs is 1. The van der Waals surface area contributed by atoms with Gasteiger partial charge in [-0.05, 0) is 43.7 Å². The van der Waals surface area contributed by atoms with E-state index >= 15 is 0 Å². The average Bonchev–Trinajstić information content (AvgIpc) is 2.57. The highest BCUT2D eigenvalue weighted by molar-refractivity contribution is 6.05. The average molecular weight is 339 g/mol. The van der Waals surface area contributed by atoms with Gasteiger partial charge in [-0.25, -0.2) is 9.37 Å². The third-order valence-electron chi connectivity index (χ3n) is 3.85. The summed E-state index contributed by atoms with van der Waals surface area (Å²) >= 11 is 0. The van der Waals surface area contributed by atoms with Crippen molar-refractivity contribution in [2.45, 2.75) is 26.8 Å². The Balaban J connectivity index is 2.09. The molecule has 0 spiro atoms. The maximum Gasteiger partial charge on any atom is 0.261 e. The van der Waals surface area contributed by atoms with Crippen molar-refractivity contribution in [1.82, 2.24) is 9.55 Å². The van der Waals surface area contributed by atoms with E-state index in [1.165, 1.54) is 24.4 Å². The first-order chi connectivity index (χ1) is 12.0. The lowest BCUT2D eigenvalue weighted by Crippen LogP contribution is -2.24. The van der Waals surface area contributed by atoms with Crippen LogP contribution in [0.25, 0.3) is 11.0 Å². The second kappa shape index (κ2) is 6.84. The number of aromatic nitrogens is 2. The first-order valence-electron chi connectivity index (χ1n) is 8.07. The fourth-order valence-electron chi connectivity index (χ4n) is 2.70. The van der Waals surface area contributed by atoms with Crippen molar-refractivity contribution >= 4 is 22.6 Å². The number of amides is 1. The number of hydrogen-bond donors (Lipinski definition) is 1. The van der Waals surface area contributed by atoms with Crippen LogP contribution in [0.3, 0.4) is 0 Å². The van der Waals surface area contributed by atoms with Gasteiger partial charge in [0.05, 0.1) is 5.39 Å². The van der Waals surface area contributed by atoms with Gasteiger partial charge in [0.25, 0.3) is 5.91 Å². The van der Waals surface area contributed by atoms with Crippen LogP contribution in [0.15, 0.2) is 47.4 Å². The van der Waals surface area contributed by atoms with Crippen molar-refractivity contribution < 1.29 is 9.18 Å². The standard InChI is InChI=1S/C19H18FN3O2/c1-3-9-23-11-16(17(24)15-8-7-12(2)21-18(15)23)19(25)22-14-6-4-5-13(20)10-14/h4-8,10-11H,3,9H2,1-2H3,(H,22,25). The number of halogens is 1. The third-order valence-corrected chi connectivity index (χ3v) is 3.85. The van der Waals surface area contributed by atoms with E-state index in [1.807, 2.05) is 18.4 Å². The van der Waals surface area contributed by atoms with Crippen LogP contribution in [0.2, 0.25) is 0 Å². The van der Waals surface area contributed by atoms with Gasteiger partial charge in [-0.1, -0.05) is 13.0 Å². The minimum Gasteiger partial charge on any atom is -0.331 e. The number of aryl methyl sites for hydroxylation is 2. The second-order valence-electron chi connectivity index (χ2n) is 5.85. The summed E-state index contributed by atoms with van der Waals surface area (Å²) in [5, 5.41) is 2.97. The molecule has 0 saturated carbocycles. The zero-order valence-corrected chi connectivity index (χ0v) is 14.0. The van der Waals surface area contributed by atoms with Gasteiger partial charge in [0.1, 0.15) is 17.0 Å². The Kier molecular flexibility index (Phi) is 4.61. The Labute approximate surface area is 144 Å². The van der Waals surface area contributed by atoms with Crippen molar-refractivity contribution in [3.63, 3.8) is 0 Å². The van der Waals surface area contributed by atoms with Crippen molar-refractivity contribution in [3.8, 4) is 0 Å². The van der Waals surface area contributed by atoms with Crippen LogP contribution in [0, 0.1) is 12.7 Å². The van der Waals surface area contributed by atoms with E-state index in [-0.39, 0.29) is 11.0 Å². The summed E-state index contributed by atoms with van der Waals surface area (Å²) in [5.74, 6) is -1.03. The van der Waals surface area contributed by atoms with E-state index < -0.39 is 11.7 Å². The predicted molar refractivity (Wildman–Crippen MR) is 95.4 cm³/mol. The molecule has 128 valence electrons. The van der Waals surface area contributed by atoms with Crippen LogP contribution >= 0.6 is 0 Å². The summed E-state index contributed by atoms with van der Waals surface area (Å²) in [6.45, 7) is 4.49. The van der Waals surface area contributed by atoms with Gasteiger partial charge in [0.15, 0.2) is 0 Å². The Bertz CT molecular complexity index is 1010. The third kappa shape index (κ3) is 3.42. The number of benzene rings is 1. The number of carbonyl (C=O) groups is 1. The van der Waals surface area contributed by atoms with Gasteiger partial charge in [-0.15, -0.1) is 0 Å². The Hall–Kier alpha value is -3.02. The predicted octanol–water partition coefficient (Wildman–Crippen LogP) is 3.51. The van der Waals surface area contributed by atoms with Gasteiger partial charge < -0.3 is 9.88 Å². The van der Waals surface area contributed by atoms with Gasteiger partial charge in [0, 0.05) is 24.1 Å². The molecular formula is C19H18FN3O2. The largest absolute Gasteiger partial charge is 0.331 e. The fourth-order valence-corrected chi connectivity index (χ4v) is 2.70. The molecule has 0 atom stereocenters. The Morgan fingerprint density at radius 2 is 2.08 bits per heavy atom. The minimum atomic E-state index is -0.567. The summed E-state index contributed by atoms with van der Waals surface area (Å²) in [6.07, 6.45) is 2.35. The number of hydrogen-bond acceptors (Lipinski definition) is 3. The van der Waals surface area contributed by atoms with Crippen LogP contribution in [-0.2, 0) is 6.54 Å². The van der Waals surface area contributed by atoms with Crippen molar-refractivity contribution in [1.29, 1.82) is 0 Å². The summed E-state index contributed by atoms with van der Waals surface area (Å²) in [7, 11) is 0. The van der Waals surface area contributed by atoms with Crippen LogP contribution in [-0.4, -0.2) is 15.5 Å². The van der Waals surface area contributed by atoms with Gasteiger partial charge in [-0.2, -0.15) is 0 Å². The molecule has 0 unspecified atom stereocenters. The molecule has 2 aromatic heterocycles. The molecule has 5 nitrogen and oxygen atoms in total. The molecule has 0 aliphatic carbocycles. The zero-order chi connectivity index (χ0) is 18.0. The summed E-state index contributed by atoms with van der Waals surface area (Å²) in [5.41, 5.74) is 1.29. The van der Waals surface area contributed by atoms with Gasteiger partial charge >= 0.3 is 0 Å². The quantitative estimate of drug-likeness (QED) is 0.791. The van der Waals surface area contributed by atoms with E-state index in [4.69, 9.17) is 0 Å². The maximum absolute atomic E-state index is 13.3. The maximum atomic E-state index is 13.3. The van der Waals surface area contributed by atoms with E-state index in [9.17, 15) is 14.0 Å². The lowest BCUT2D eigenvalue weighted by molar-refractivity contribution is 0.102. The molecule has 3 aromatic rings. The number of carbonyl (C=O) groups excluding carboxylic acids is 1. The molecule has 1 amide bonds. The lowest BCUT2D eigenvalue weighted by atomic mass is 10.1. The number of anilines is 1. The Morgan fingerprint density at radius 1 is 1.28 bits per heavy atom. The summed E-state index contributed by atoms with van der Waals surface area (Å²) in [4.78, 5) is 29.7. The number of pyridine rings is 2. The molecule has 1 N–H and O–H groups in total. The molecule has 25 heavy (non-hydrogen) atoms. The first kappa shape index (κ1) is 16.8. The molecule has 0 aliphatic heterocycles. The van der Waals surface area contributed by atoms with Crippen LogP contribution < -0.4 is 10.7 Å². The van der Waals surface area contributed by atoms with Crippen LogP contribution in [0.1, 0.15) is 29.4 Å². The van der Waals surface area contributed by atoms with Crippen LogP contribution in [0.5, 0.6) is 0 Å². The molecule has 0 fully saturated rings. The first-order valence-corrected chi connectivity index (χ1v) is 8.07. The topological polar surface area (TPSA) is 64.0 Å². The molecule has 0 aliphatic rings. The smallest absolute Gasteiger partial charge is 0.261 e. The SMILES string of the molecule is CCCn1cc(C(=O)Nc2cccc(F)c2)c(=O)c2ccc(C)nc21. The monoisotopic (exact) mass is 339 g/mol. The summed E-state index contributed by atoms with van der Waals surface area (Å²) in [6, 6.07) is 8.98. The zero-order valence-electron chi connectivity index (χ0n) is 14.0. The van der Waals surface area contributed by atoms with Crippen LogP contribution in [0.4, 0.5) is 10.1 Å². The highest BCUT2D eigenvalue weighted by Crippen LogP contribution is 2.14. The number of nitrogens with zero attached hydrogens (tertiary/aromatic N) is 2. The van der Waals surface area contributed by atoms with E-state index in [0.29, 0.717) is 23.3 Å². The number of rotatable bonds is 4. The van der Waals surface area contributed by atoms with Gasteiger partial charge in [-0.3, -0.25) is 9.59 Å². The molecule has 6 heteroatoms. The van der Waals surface area contributed by atoms with E-state index in [2.05, 4.69) is 10.3 Å². The molecular weight excluding hydrogens is 321 g/mol. The highest BCUT2D eigenvalue weighted by atomic mass is 19.1. The van der Waals surface area contributed by atoms with Gasteiger partial charge in [0.2, 0.25) is 5.43 Å². The summed E-state index contributed by atoms with van der Waals surface area (Å²) < 4.78 is 15.1. The fraction of sp³-hybridized carbons (Fsp3) is 0.211. The van der Waals surface area contributed by atoms with E-state index in [0.717, 1.165) is 12.1 Å². The molecule has 2 heterocycles. The van der Waals surface area contributed by atoms with Crippen molar-refractivity contribution in [3.05, 3.63) is 69.9 Å². The minimum absolute atomic E-state index is 0.0101. The molecule has 1 aromatic carbocycles. The van der Waals surface area contributed by atoms with E-state index in [1.54, 1.807) is 18.2 Å². The normalized spacial score (nSPS) is 10.8. The van der Waals surface area contributed by atoms with Crippen molar-refractivity contribution in [2.75, 3.05) is 5.32 Å². The molecule has 0 saturated heterocycles. The molecule has 0 bridgehead atoms. The molecule has 0 radical (unpaired) electrons. The highest BCUT2D eigenvalue weighted by Gasteiger charge is 2.16. The number of nitrogens with one attached hydrogen (secondary N) is 1. The Morgan fingerprint density at radius 3 is 2.80 bits per heavy atom. The lowest BCUT2D eigenvalue weighted by Gasteiger charge is -2.12. The molecule has 3 rings (SSSR count). The van der Waals surface area contributed by atoms with Crippen molar-refractivity contribution in [2.24, 2.45) is 0 Å². The second-order valence-corrected chi connectivity index (χ2v) is 5.85.